The van der Waals surface area contributed by atoms with E-state index < -0.39 is 5.82 Å². The Morgan fingerprint density at radius 2 is 2.24 bits per heavy atom. The van der Waals surface area contributed by atoms with Gasteiger partial charge in [-0.25, -0.2) is 4.39 Å². The summed E-state index contributed by atoms with van der Waals surface area (Å²) in [6.07, 6.45) is 0.564. The lowest BCUT2D eigenvalue weighted by Crippen LogP contribution is -1.95. The van der Waals surface area contributed by atoms with Crippen molar-refractivity contribution in [3.63, 3.8) is 0 Å². The molecule has 0 aliphatic heterocycles. The van der Waals surface area contributed by atoms with Crippen LogP contribution in [0.2, 0.25) is 0 Å². The van der Waals surface area contributed by atoms with Crippen LogP contribution in [-0.4, -0.2) is 11.4 Å². The molecule has 0 radical (unpaired) electrons. The van der Waals surface area contributed by atoms with Gasteiger partial charge in [0.2, 0.25) is 0 Å². The maximum atomic E-state index is 13.1. The van der Waals surface area contributed by atoms with Crippen molar-refractivity contribution >= 4 is 6.29 Å². The third kappa shape index (κ3) is 2.90. The van der Waals surface area contributed by atoms with Gasteiger partial charge in [0.05, 0.1) is 5.69 Å². The topological polar surface area (TPSA) is 52.3 Å². The van der Waals surface area contributed by atoms with Crippen molar-refractivity contribution in [3.05, 3.63) is 47.1 Å². The van der Waals surface area contributed by atoms with Crippen LogP contribution in [-0.2, 0) is 6.61 Å². The van der Waals surface area contributed by atoms with Crippen molar-refractivity contribution in [1.82, 2.24) is 5.16 Å². The molecule has 5 heteroatoms. The molecule has 1 heterocycles. The molecule has 2 rings (SSSR count). The zero-order valence-electron chi connectivity index (χ0n) is 9.14. The summed E-state index contributed by atoms with van der Waals surface area (Å²) in [6, 6.07) is 5.52. The third-order valence-electron chi connectivity index (χ3n) is 2.09. The number of carbonyl (C=O) groups is 1. The van der Waals surface area contributed by atoms with E-state index in [1.807, 2.05) is 0 Å². The molecule has 0 aliphatic rings. The smallest absolute Gasteiger partial charge is 0.174 e. The number of aromatic nitrogens is 1. The summed E-state index contributed by atoms with van der Waals surface area (Å²) in [6.45, 7) is 1.93. The van der Waals surface area contributed by atoms with Gasteiger partial charge in [-0.05, 0) is 19.1 Å². The molecule has 0 saturated heterocycles. The van der Waals surface area contributed by atoms with E-state index in [4.69, 9.17) is 9.26 Å². The van der Waals surface area contributed by atoms with Gasteiger partial charge in [-0.3, -0.25) is 4.79 Å². The minimum atomic E-state index is -0.515. The second-order valence-corrected chi connectivity index (χ2v) is 3.56. The highest BCUT2D eigenvalue weighted by atomic mass is 19.1. The van der Waals surface area contributed by atoms with Gasteiger partial charge in [0, 0.05) is 17.7 Å². The molecule has 0 N–H and O–H groups in total. The van der Waals surface area contributed by atoms with Crippen LogP contribution in [0, 0.1) is 12.7 Å². The Labute approximate surface area is 97.0 Å². The molecule has 1 aromatic heterocycles. The van der Waals surface area contributed by atoms with Crippen LogP contribution in [0.1, 0.15) is 21.8 Å². The van der Waals surface area contributed by atoms with Gasteiger partial charge in [-0.15, -0.1) is 0 Å². The lowest BCUT2D eigenvalue weighted by atomic mass is 10.2. The first kappa shape index (κ1) is 11.3. The van der Waals surface area contributed by atoms with Crippen LogP contribution in [0.5, 0.6) is 5.75 Å². The van der Waals surface area contributed by atoms with Crippen molar-refractivity contribution in [3.8, 4) is 5.75 Å². The van der Waals surface area contributed by atoms with Crippen LogP contribution in [0.25, 0.3) is 0 Å². The fourth-order valence-electron chi connectivity index (χ4n) is 1.37. The summed E-state index contributed by atoms with van der Waals surface area (Å²) >= 11 is 0. The fraction of sp³-hybridized carbons (Fsp3) is 0.167. The number of rotatable bonds is 4. The zero-order valence-corrected chi connectivity index (χ0v) is 9.14. The number of halogens is 1. The molecule has 0 spiro atoms. The second kappa shape index (κ2) is 4.78. The van der Waals surface area contributed by atoms with E-state index in [0.29, 0.717) is 12.0 Å². The van der Waals surface area contributed by atoms with E-state index in [2.05, 4.69) is 5.16 Å². The molecule has 0 amide bonds. The first-order valence-electron chi connectivity index (χ1n) is 4.98. The summed E-state index contributed by atoms with van der Waals surface area (Å²) in [5, 5.41) is 3.69. The Morgan fingerprint density at radius 3 is 2.88 bits per heavy atom. The predicted molar refractivity (Wildman–Crippen MR) is 57.4 cm³/mol. The van der Waals surface area contributed by atoms with Gasteiger partial charge in [-0.1, -0.05) is 5.16 Å². The number of aldehydes is 1. The van der Waals surface area contributed by atoms with Gasteiger partial charge in [-0.2, -0.15) is 0 Å². The summed E-state index contributed by atoms with van der Waals surface area (Å²) in [5.41, 5.74) is 0.977. The Hall–Kier alpha value is -2.17. The number of hydrogen-bond donors (Lipinski definition) is 0. The normalized spacial score (nSPS) is 10.2. The molecule has 2 aromatic rings. The van der Waals surface area contributed by atoms with Crippen molar-refractivity contribution in [2.24, 2.45) is 0 Å². The van der Waals surface area contributed by atoms with Crippen LogP contribution in [0.3, 0.4) is 0 Å². The standard InChI is InChI=1S/C12H10FNO3/c1-8-2-12(17-14-8)7-16-11-4-9(6-15)3-10(13)5-11/h2-6H,7H2,1H3. The van der Waals surface area contributed by atoms with Crippen molar-refractivity contribution in [2.45, 2.75) is 13.5 Å². The van der Waals surface area contributed by atoms with Gasteiger partial charge >= 0.3 is 0 Å². The number of nitrogens with zero attached hydrogens (tertiary/aromatic N) is 1. The van der Waals surface area contributed by atoms with E-state index in [9.17, 15) is 9.18 Å². The van der Waals surface area contributed by atoms with Crippen LogP contribution < -0.4 is 4.74 Å². The third-order valence-corrected chi connectivity index (χ3v) is 2.09. The lowest BCUT2D eigenvalue weighted by molar-refractivity contribution is 0.112. The first-order chi connectivity index (χ1) is 8.17. The van der Waals surface area contributed by atoms with Gasteiger partial charge in [0.15, 0.2) is 5.76 Å². The quantitative estimate of drug-likeness (QED) is 0.764. The van der Waals surface area contributed by atoms with Gasteiger partial charge in [0.1, 0.15) is 24.5 Å². The van der Waals surface area contributed by atoms with Crippen LogP contribution in [0.15, 0.2) is 28.8 Å². The molecule has 0 unspecified atom stereocenters. The van der Waals surface area contributed by atoms with E-state index >= 15 is 0 Å². The average Bonchev–Trinajstić information content (AvgIpc) is 2.72. The van der Waals surface area contributed by atoms with Gasteiger partial charge in [0.25, 0.3) is 0 Å². The minimum absolute atomic E-state index is 0.141. The lowest BCUT2D eigenvalue weighted by Gasteiger charge is -2.04. The Balaban J connectivity index is 2.08. The van der Waals surface area contributed by atoms with Crippen LogP contribution in [0.4, 0.5) is 4.39 Å². The highest BCUT2D eigenvalue weighted by Gasteiger charge is 2.04. The molecule has 0 fully saturated rings. The maximum Gasteiger partial charge on any atom is 0.174 e. The molecule has 0 aliphatic carbocycles. The summed E-state index contributed by atoms with van der Waals surface area (Å²) in [5.74, 6) is 0.305. The Kier molecular flexibility index (Phi) is 3.18. The highest BCUT2D eigenvalue weighted by molar-refractivity contribution is 5.75. The minimum Gasteiger partial charge on any atom is -0.485 e. The molecule has 88 valence electrons. The average molecular weight is 235 g/mol. The van der Waals surface area contributed by atoms with Crippen molar-refractivity contribution in [2.75, 3.05) is 0 Å². The molecule has 4 nitrogen and oxygen atoms in total. The second-order valence-electron chi connectivity index (χ2n) is 3.56. The zero-order chi connectivity index (χ0) is 12.3. The van der Waals surface area contributed by atoms with Crippen molar-refractivity contribution < 1.29 is 18.4 Å². The predicted octanol–water partition coefficient (Wildman–Crippen LogP) is 2.51. The largest absolute Gasteiger partial charge is 0.485 e. The number of carbonyl (C=O) groups excluding carboxylic acids is 1. The first-order valence-corrected chi connectivity index (χ1v) is 4.98. The number of benzene rings is 1. The number of hydrogen-bond acceptors (Lipinski definition) is 4. The molecular formula is C12H10FNO3. The van der Waals surface area contributed by atoms with E-state index in [-0.39, 0.29) is 17.9 Å². The number of aryl methyl sites for hydroxylation is 1. The maximum absolute atomic E-state index is 13.1. The van der Waals surface area contributed by atoms with Crippen molar-refractivity contribution in [1.29, 1.82) is 0 Å². The monoisotopic (exact) mass is 235 g/mol. The van der Waals surface area contributed by atoms with Gasteiger partial charge < -0.3 is 9.26 Å². The van der Waals surface area contributed by atoms with Crippen LogP contribution >= 0.6 is 0 Å². The summed E-state index contributed by atoms with van der Waals surface area (Å²) in [4.78, 5) is 10.5. The summed E-state index contributed by atoms with van der Waals surface area (Å²) in [7, 11) is 0. The van der Waals surface area contributed by atoms with E-state index in [1.54, 1.807) is 13.0 Å². The molecule has 1 aromatic carbocycles. The molecule has 0 saturated carbocycles. The Morgan fingerprint density at radius 1 is 1.41 bits per heavy atom. The SMILES string of the molecule is Cc1cc(COc2cc(F)cc(C=O)c2)on1. The van der Waals surface area contributed by atoms with E-state index in [0.717, 1.165) is 11.8 Å². The highest BCUT2D eigenvalue weighted by Crippen LogP contribution is 2.17. The summed E-state index contributed by atoms with van der Waals surface area (Å²) < 4.78 is 23.3. The molecule has 0 bridgehead atoms. The number of ether oxygens (including phenoxy) is 1. The van der Waals surface area contributed by atoms with E-state index in [1.165, 1.54) is 12.1 Å². The molecule has 17 heavy (non-hydrogen) atoms. The Bertz CT molecular complexity index is 536. The molecular weight excluding hydrogens is 225 g/mol. The molecule has 0 atom stereocenters. The fourth-order valence-corrected chi connectivity index (χ4v) is 1.37.